The van der Waals surface area contributed by atoms with Gasteiger partial charge in [0.2, 0.25) is 0 Å². The standard InChI is InChI=1S/C20H30N2/c1-6-17-9-7-8-11-22(17)13-19-15(3)14(2)16(4)20-18(19)10-12-21(20)5/h10,12,17H,6-9,11,13H2,1-5H3. The Morgan fingerprint density at radius 1 is 1.09 bits per heavy atom. The second kappa shape index (κ2) is 6.08. The number of likely N-dealkylation sites (tertiary alicyclic amines) is 1. The Kier molecular flexibility index (Phi) is 4.31. The average Bonchev–Trinajstić information content (AvgIpc) is 2.91. The number of fused-ring (bicyclic) bond motifs is 1. The number of aryl methyl sites for hydroxylation is 2. The lowest BCUT2D eigenvalue weighted by Gasteiger charge is -2.36. The minimum atomic E-state index is 0.772. The van der Waals surface area contributed by atoms with Crippen molar-refractivity contribution in [3.8, 4) is 0 Å². The molecule has 0 bridgehead atoms. The molecule has 22 heavy (non-hydrogen) atoms. The van der Waals surface area contributed by atoms with E-state index in [1.807, 2.05) is 0 Å². The molecule has 2 aromatic rings. The number of nitrogens with zero attached hydrogens (tertiary/aromatic N) is 2. The molecule has 0 radical (unpaired) electrons. The second-order valence-electron chi connectivity index (χ2n) is 7.07. The number of hydrogen-bond acceptors (Lipinski definition) is 1. The van der Waals surface area contributed by atoms with Crippen molar-refractivity contribution in [1.82, 2.24) is 9.47 Å². The van der Waals surface area contributed by atoms with Crippen molar-refractivity contribution in [3.63, 3.8) is 0 Å². The van der Waals surface area contributed by atoms with Gasteiger partial charge in [-0.3, -0.25) is 4.90 Å². The summed E-state index contributed by atoms with van der Waals surface area (Å²) in [7, 11) is 2.17. The largest absolute Gasteiger partial charge is 0.350 e. The molecule has 0 spiro atoms. The van der Waals surface area contributed by atoms with Crippen molar-refractivity contribution < 1.29 is 0 Å². The molecule has 1 aromatic carbocycles. The molecule has 1 aromatic heterocycles. The molecule has 2 nitrogen and oxygen atoms in total. The Balaban J connectivity index is 2.06. The Hall–Kier alpha value is -1.28. The molecular formula is C20H30N2. The molecule has 2 heterocycles. The first-order chi connectivity index (χ1) is 10.5. The summed E-state index contributed by atoms with van der Waals surface area (Å²) in [5, 5.41) is 1.46. The van der Waals surface area contributed by atoms with Crippen LogP contribution in [0.5, 0.6) is 0 Å². The molecule has 1 saturated heterocycles. The lowest BCUT2D eigenvalue weighted by Crippen LogP contribution is -2.38. The third kappa shape index (κ3) is 2.48. The van der Waals surface area contributed by atoms with Crippen molar-refractivity contribution in [1.29, 1.82) is 0 Å². The molecule has 1 aliphatic rings. The van der Waals surface area contributed by atoms with Crippen LogP contribution in [-0.2, 0) is 13.6 Å². The van der Waals surface area contributed by atoms with Gasteiger partial charge < -0.3 is 4.57 Å². The Morgan fingerprint density at radius 3 is 2.59 bits per heavy atom. The van der Waals surface area contributed by atoms with Crippen LogP contribution in [0.2, 0.25) is 0 Å². The van der Waals surface area contributed by atoms with E-state index in [2.05, 4.69) is 56.5 Å². The zero-order valence-corrected chi connectivity index (χ0v) is 14.9. The quantitative estimate of drug-likeness (QED) is 0.785. The first-order valence-electron chi connectivity index (χ1n) is 8.82. The van der Waals surface area contributed by atoms with E-state index in [0.29, 0.717) is 0 Å². The molecule has 1 unspecified atom stereocenters. The molecular weight excluding hydrogens is 268 g/mol. The second-order valence-corrected chi connectivity index (χ2v) is 7.07. The highest BCUT2D eigenvalue weighted by molar-refractivity contribution is 5.89. The van der Waals surface area contributed by atoms with Crippen LogP contribution in [0.4, 0.5) is 0 Å². The van der Waals surface area contributed by atoms with E-state index in [-0.39, 0.29) is 0 Å². The Labute approximate surface area is 135 Å². The minimum Gasteiger partial charge on any atom is -0.350 e. The summed E-state index contributed by atoms with van der Waals surface area (Å²) in [4.78, 5) is 2.73. The summed E-state index contributed by atoms with van der Waals surface area (Å²) in [6.07, 6.45) is 7.63. The maximum Gasteiger partial charge on any atom is 0.0513 e. The predicted octanol–water partition coefficient (Wildman–Crippen LogP) is 4.87. The lowest BCUT2D eigenvalue weighted by molar-refractivity contribution is 0.136. The van der Waals surface area contributed by atoms with Crippen LogP contribution in [0.3, 0.4) is 0 Å². The highest BCUT2D eigenvalue weighted by Crippen LogP contribution is 2.32. The van der Waals surface area contributed by atoms with Crippen LogP contribution in [0, 0.1) is 20.8 Å². The summed E-state index contributed by atoms with van der Waals surface area (Å²) >= 11 is 0. The third-order valence-corrected chi connectivity index (χ3v) is 5.91. The first kappa shape index (κ1) is 15.6. The molecule has 1 fully saturated rings. The molecule has 1 aliphatic heterocycles. The van der Waals surface area contributed by atoms with Gasteiger partial charge in [0, 0.05) is 31.2 Å². The van der Waals surface area contributed by atoms with Crippen molar-refractivity contribution in [2.75, 3.05) is 6.54 Å². The zero-order valence-electron chi connectivity index (χ0n) is 14.9. The molecule has 2 heteroatoms. The summed E-state index contributed by atoms with van der Waals surface area (Å²) < 4.78 is 2.29. The van der Waals surface area contributed by atoms with E-state index in [1.54, 1.807) is 5.56 Å². The molecule has 120 valence electrons. The van der Waals surface area contributed by atoms with Gasteiger partial charge in [-0.15, -0.1) is 0 Å². The molecule has 3 rings (SSSR count). The fraction of sp³-hybridized carbons (Fsp3) is 0.600. The maximum atomic E-state index is 2.73. The van der Waals surface area contributed by atoms with E-state index >= 15 is 0 Å². The number of piperidine rings is 1. The van der Waals surface area contributed by atoms with E-state index in [1.165, 1.54) is 59.8 Å². The molecule has 1 atom stereocenters. The molecule has 0 saturated carbocycles. The van der Waals surface area contributed by atoms with Gasteiger partial charge >= 0.3 is 0 Å². The monoisotopic (exact) mass is 298 g/mol. The van der Waals surface area contributed by atoms with Gasteiger partial charge in [-0.1, -0.05) is 13.3 Å². The Morgan fingerprint density at radius 2 is 1.86 bits per heavy atom. The van der Waals surface area contributed by atoms with Crippen LogP contribution in [-0.4, -0.2) is 22.1 Å². The minimum absolute atomic E-state index is 0.772. The van der Waals surface area contributed by atoms with Crippen LogP contribution >= 0.6 is 0 Å². The van der Waals surface area contributed by atoms with Crippen LogP contribution in [0.15, 0.2) is 12.3 Å². The van der Waals surface area contributed by atoms with Gasteiger partial charge in [-0.05, 0) is 74.9 Å². The van der Waals surface area contributed by atoms with Gasteiger partial charge in [0.1, 0.15) is 0 Å². The number of rotatable bonds is 3. The lowest BCUT2D eigenvalue weighted by atomic mass is 9.92. The van der Waals surface area contributed by atoms with Crippen molar-refractivity contribution in [3.05, 3.63) is 34.5 Å². The topological polar surface area (TPSA) is 8.17 Å². The van der Waals surface area contributed by atoms with Crippen LogP contribution in [0.25, 0.3) is 10.9 Å². The van der Waals surface area contributed by atoms with Gasteiger partial charge in [0.25, 0.3) is 0 Å². The smallest absolute Gasteiger partial charge is 0.0513 e. The summed E-state index contributed by atoms with van der Waals surface area (Å²) in [6, 6.07) is 3.09. The maximum absolute atomic E-state index is 2.73. The molecule has 0 N–H and O–H groups in total. The Bertz CT molecular complexity index is 681. The first-order valence-corrected chi connectivity index (χ1v) is 8.82. The number of aromatic nitrogens is 1. The number of hydrogen-bond donors (Lipinski definition) is 0. The van der Waals surface area contributed by atoms with Crippen molar-refractivity contribution in [2.24, 2.45) is 7.05 Å². The summed E-state index contributed by atoms with van der Waals surface area (Å²) in [6.45, 7) is 11.6. The predicted molar refractivity (Wildman–Crippen MR) is 95.5 cm³/mol. The SMILES string of the molecule is CCC1CCCCN1Cc1c(C)c(C)c(C)c2c1ccn2C. The fourth-order valence-corrected chi connectivity index (χ4v) is 4.26. The molecule has 0 amide bonds. The van der Waals surface area contributed by atoms with Gasteiger partial charge in [0.15, 0.2) is 0 Å². The highest BCUT2D eigenvalue weighted by Gasteiger charge is 2.23. The van der Waals surface area contributed by atoms with Crippen molar-refractivity contribution in [2.45, 2.75) is 66.0 Å². The van der Waals surface area contributed by atoms with Crippen LogP contribution < -0.4 is 0 Å². The van der Waals surface area contributed by atoms with Crippen molar-refractivity contribution >= 4 is 10.9 Å². The van der Waals surface area contributed by atoms with E-state index in [9.17, 15) is 0 Å². The normalized spacial score (nSPS) is 20.0. The third-order valence-electron chi connectivity index (χ3n) is 5.91. The van der Waals surface area contributed by atoms with Gasteiger partial charge in [-0.2, -0.15) is 0 Å². The fourth-order valence-electron chi connectivity index (χ4n) is 4.26. The summed E-state index contributed by atoms with van der Waals surface area (Å²) in [5.41, 5.74) is 7.38. The van der Waals surface area contributed by atoms with E-state index in [0.717, 1.165) is 12.6 Å². The van der Waals surface area contributed by atoms with E-state index in [4.69, 9.17) is 0 Å². The number of benzene rings is 1. The summed E-state index contributed by atoms with van der Waals surface area (Å²) in [5.74, 6) is 0. The average molecular weight is 298 g/mol. The zero-order chi connectivity index (χ0) is 15.9. The van der Waals surface area contributed by atoms with E-state index < -0.39 is 0 Å². The van der Waals surface area contributed by atoms with Gasteiger partial charge in [-0.25, -0.2) is 0 Å². The van der Waals surface area contributed by atoms with Crippen LogP contribution in [0.1, 0.15) is 54.9 Å². The molecule has 0 aliphatic carbocycles. The highest BCUT2D eigenvalue weighted by atomic mass is 15.2. The van der Waals surface area contributed by atoms with Gasteiger partial charge in [0.05, 0.1) is 5.52 Å².